The van der Waals surface area contributed by atoms with Crippen molar-refractivity contribution in [1.29, 1.82) is 5.26 Å². The topological polar surface area (TPSA) is 35.8 Å². The predicted molar refractivity (Wildman–Crippen MR) is 75.6 cm³/mol. The first kappa shape index (κ1) is 12.8. The number of rotatable bonds is 2. The van der Waals surface area contributed by atoms with Gasteiger partial charge in [-0.05, 0) is 36.8 Å². The van der Waals surface area contributed by atoms with E-state index < -0.39 is 0 Å². The fourth-order valence-corrected chi connectivity index (χ4v) is 1.94. The van der Waals surface area contributed by atoms with Crippen LogP contribution in [0.5, 0.6) is 0 Å². The van der Waals surface area contributed by atoms with E-state index in [1.807, 2.05) is 25.1 Å². The molecule has 0 atom stereocenters. The average Bonchev–Trinajstić information content (AvgIpc) is 2.36. The van der Waals surface area contributed by atoms with Gasteiger partial charge >= 0.3 is 0 Å². The van der Waals surface area contributed by atoms with Crippen LogP contribution in [0.25, 0.3) is 0 Å². The first-order chi connectivity index (χ1) is 8.61. The molecule has 0 unspecified atom stereocenters. The van der Waals surface area contributed by atoms with Crippen molar-refractivity contribution in [2.75, 3.05) is 5.32 Å². The lowest BCUT2D eigenvalue weighted by molar-refractivity contribution is 1.39. The highest BCUT2D eigenvalue weighted by Crippen LogP contribution is 2.29. The second-order valence-corrected chi connectivity index (χ2v) is 4.68. The van der Waals surface area contributed by atoms with Crippen LogP contribution in [0.15, 0.2) is 36.4 Å². The third-order valence-corrected chi connectivity index (χ3v) is 3.32. The number of halogens is 2. The molecule has 2 aromatic rings. The quantitative estimate of drug-likeness (QED) is 0.845. The highest BCUT2D eigenvalue weighted by Gasteiger charge is 2.06. The molecule has 0 heterocycles. The molecule has 2 aromatic carbocycles. The zero-order valence-corrected chi connectivity index (χ0v) is 11.2. The fraction of sp³-hybridized carbons (Fsp3) is 0.0714. The number of hydrogen-bond acceptors (Lipinski definition) is 2. The molecule has 2 rings (SSSR count). The van der Waals surface area contributed by atoms with Gasteiger partial charge in [0.15, 0.2) is 0 Å². The zero-order chi connectivity index (χ0) is 13.1. The summed E-state index contributed by atoms with van der Waals surface area (Å²) in [6.45, 7) is 1.95. The third-order valence-electron chi connectivity index (χ3n) is 2.58. The summed E-state index contributed by atoms with van der Waals surface area (Å²) in [6, 6.07) is 13.0. The van der Waals surface area contributed by atoms with E-state index in [0.717, 1.165) is 16.9 Å². The fourth-order valence-electron chi connectivity index (χ4n) is 1.65. The highest BCUT2D eigenvalue weighted by molar-refractivity contribution is 6.42. The molecule has 0 aliphatic carbocycles. The minimum absolute atomic E-state index is 0.480. The Balaban J connectivity index is 2.40. The Hall–Kier alpha value is -1.69. The zero-order valence-electron chi connectivity index (χ0n) is 9.67. The van der Waals surface area contributed by atoms with Crippen LogP contribution >= 0.6 is 23.2 Å². The number of benzene rings is 2. The summed E-state index contributed by atoms with van der Waals surface area (Å²) in [4.78, 5) is 0. The van der Waals surface area contributed by atoms with Crippen LogP contribution in [0.4, 0.5) is 11.4 Å². The second kappa shape index (κ2) is 5.30. The molecule has 0 saturated heterocycles. The Labute approximate surface area is 116 Å². The Morgan fingerprint density at radius 3 is 2.56 bits per heavy atom. The van der Waals surface area contributed by atoms with Crippen molar-refractivity contribution >= 4 is 34.6 Å². The van der Waals surface area contributed by atoms with Crippen LogP contribution in [0, 0.1) is 18.3 Å². The van der Waals surface area contributed by atoms with Gasteiger partial charge in [0.2, 0.25) is 0 Å². The summed E-state index contributed by atoms with van der Waals surface area (Å²) in [7, 11) is 0. The maximum Gasteiger partial charge on any atom is 0.101 e. The molecule has 0 fully saturated rings. The number of hydrogen-bond donors (Lipinski definition) is 1. The first-order valence-corrected chi connectivity index (χ1v) is 6.09. The van der Waals surface area contributed by atoms with E-state index in [-0.39, 0.29) is 0 Å². The van der Waals surface area contributed by atoms with Crippen LogP contribution < -0.4 is 5.32 Å². The molecule has 0 amide bonds. The van der Waals surface area contributed by atoms with Crippen molar-refractivity contribution in [3.05, 3.63) is 57.6 Å². The average molecular weight is 277 g/mol. The lowest BCUT2D eigenvalue weighted by Crippen LogP contribution is -1.96. The molecule has 90 valence electrons. The molecule has 4 heteroatoms. The predicted octanol–water partition coefficient (Wildman–Crippen LogP) is 4.92. The largest absolute Gasteiger partial charge is 0.354 e. The van der Waals surface area contributed by atoms with Gasteiger partial charge in [0.1, 0.15) is 6.07 Å². The summed E-state index contributed by atoms with van der Waals surface area (Å²) in [5.41, 5.74) is 3.19. The summed E-state index contributed by atoms with van der Waals surface area (Å²) in [5, 5.41) is 13.3. The van der Waals surface area contributed by atoms with Crippen LogP contribution in [-0.2, 0) is 0 Å². The molecule has 0 bridgehead atoms. The van der Waals surface area contributed by atoms with Gasteiger partial charge in [-0.3, -0.25) is 0 Å². The number of nitrogens with one attached hydrogen (secondary N) is 1. The molecule has 0 aliphatic heterocycles. The van der Waals surface area contributed by atoms with E-state index in [0.29, 0.717) is 15.6 Å². The van der Waals surface area contributed by atoms with Crippen molar-refractivity contribution in [3.8, 4) is 6.07 Å². The van der Waals surface area contributed by atoms with Gasteiger partial charge in [0.25, 0.3) is 0 Å². The SMILES string of the molecule is Cc1cccc(C#N)c1Nc1ccc(Cl)c(Cl)c1. The van der Waals surface area contributed by atoms with Crippen molar-refractivity contribution < 1.29 is 0 Å². The molecular formula is C14H10Cl2N2. The van der Waals surface area contributed by atoms with Crippen molar-refractivity contribution in [2.24, 2.45) is 0 Å². The standard InChI is InChI=1S/C14H10Cl2N2/c1-9-3-2-4-10(8-17)14(9)18-11-5-6-12(15)13(16)7-11/h2-7,18H,1H3. The number of para-hydroxylation sites is 1. The highest BCUT2D eigenvalue weighted by atomic mass is 35.5. The van der Waals surface area contributed by atoms with E-state index in [1.165, 1.54) is 0 Å². The molecule has 0 aliphatic rings. The summed E-state index contributed by atoms with van der Waals surface area (Å²) >= 11 is 11.8. The molecule has 0 spiro atoms. The van der Waals surface area contributed by atoms with Gasteiger partial charge in [-0.25, -0.2) is 0 Å². The minimum Gasteiger partial charge on any atom is -0.354 e. The van der Waals surface area contributed by atoms with Crippen LogP contribution in [0.2, 0.25) is 10.0 Å². The smallest absolute Gasteiger partial charge is 0.101 e. The number of aryl methyl sites for hydroxylation is 1. The van der Waals surface area contributed by atoms with E-state index in [4.69, 9.17) is 28.5 Å². The second-order valence-electron chi connectivity index (χ2n) is 3.86. The molecule has 18 heavy (non-hydrogen) atoms. The van der Waals surface area contributed by atoms with Gasteiger partial charge in [-0.15, -0.1) is 0 Å². The number of nitriles is 1. The lowest BCUT2D eigenvalue weighted by atomic mass is 10.1. The summed E-state index contributed by atoms with van der Waals surface area (Å²) in [6.07, 6.45) is 0. The monoisotopic (exact) mass is 276 g/mol. The Morgan fingerprint density at radius 2 is 1.89 bits per heavy atom. The van der Waals surface area contributed by atoms with Crippen molar-refractivity contribution in [1.82, 2.24) is 0 Å². The van der Waals surface area contributed by atoms with Crippen LogP contribution in [0.1, 0.15) is 11.1 Å². The van der Waals surface area contributed by atoms with E-state index in [9.17, 15) is 0 Å². The number of nitrogens with zero attached hydrogens (tertiary/aromatic N) is 1. The van der Waals surface area contributed by atoms with Crippen LogP contribution in [0.3, 0.4) is 0 Å². The van der Waals surface area contributed by atoms with Gasteiger partial charge in [-0.2, -0.15) is 5.26 Å². The Bertz CT molecular complexity index is 630. The Kier molecular flexibility index (Phi) is 3.76. The molecule has 2 nitrogen and oxygen atoms in total. The summed E-state index contributed by atoms with van der Waals surface area (Å²) in [5.74, 6) is 0. The number of anilines is 2. The van der Waals surface area contributed by atoms with Gasteiger partial charge in [0.05, 0.1) is 21.3 Å². The van der Waals surface area contributed by atoms with Gasteiger partial charge in [-0.1, -0.05) is 35.3 Å². The Morgan fingerprint density at radius 1 is 1.11 bits per heavy atom. The van der Waals surface area contributed by atoms with E-state index in [1.54, 1.807) is 18.2 Å². The maximum absolute atomic E-state index is 9.08. The van der Waals surface area contributed by atoms with Crippen molar-refractivity contribution in [2.45, 2.75) is 6.92 Å². The molecule has 0 saturated carbocycles. The van der Waals surface area contributed by atoms with Crippen molar-refractivity contribution in [3.63, 3.8) is 0 Å². The molecule has 1 N–H and O–H groups in total. The summed E-state index contributed by atoms with van der Waals surface area (Å²) < 4.78 is 0. The van der Waals surface area contributed by atoms with E-state index >= 15 is 0 Å². The van der Waals surface area contributed by atoms with E-state index in [2.05, 4.69) is 11.4 Å². The van der Waals surface area contributed by atoms with Gasteiger partial charge < -0.3 is 5.32 Å². The molecule has 0 radical (unpaired) electrons. The first-order valence-electron chi connectivity index (χ1n) is 5.33. The van der Waals surface area contributed by atoms with Crippen LogP contribution in [-0.4, -0.2) is 0 Å². The lowest BCUT2D eigenvalue weighted by Gasteiger charge is -2.11. The third kappa shape index (κ3) is 2.59. The minimum atomic E-state index is 0.480. The maximum atomic E-state index is 9.08. The molecule has 0 aromatic heterocycles. The van der Waals surface area contributed by atoms with Gasteiger partial charge in [0, 0.05) is 5.69 Å². The molecular weight excluding hydrogens is 267 g/mol. The normalized spacial score (nSPS) is 9.89.